The van der Waals surface area contributed by atoms with Gasteiger partial charge in [-0.25, -0.2) is 0 Å². The van der Waals surface area contributed by atoms with Crippen molar-refractivity contribution in [1.29, 1.82) is 0 Å². The van der Waals surface area contributed by atoms with Crippen LogP contribution in [-0.4, -0.2) is 26.5 Å². The molecule has 1 heterocycles. The van der Waals surface area contributed by atoms with Crippen LogP contribution in [0.15, 0.2) is 88.4 Å². The van der Waals surface area contributed by atoms with Gasteiger partial charge in [-0.15, -0.1) is 0 Å². The standard InChI is InChI=1S/C21H17BrN6O/c22-18-9-6-7-16(13-18)15-29-20-12-5-4-8-17(20)14-23-28-21(25-26-27-28)24-19-10-2-1-3-11-19/h1-14H,15H2,(H,24,25,27). The van der Waals surface area contributed by atoms with Crippen LogP contribution in [0.1, 0.15) is 11.1 Å². The molecule has 29 heavy (non-hydrogen) atoms. The van der Waals surface area contributed by atoms with Gasteiger partial charge in [-0.2, -0.15) is 5.10 Å². The topological polar surface area (TPSA) is 77.2 Å². The Bertz CT molecular complexity index is 1110. The van der Waals surface area contributed by atoms with E-state index in [0.717, 1.165) is 27.0 Å². The lowest BCUT2D eigenvalue weighted by molar-refractivity contribution is 0.305. The van der Waals surface area contributed by atoms with Gasteiger partial charge in [0.2, 0.25) is 0 Å². The maximum absolute atomic E-state index is 5.99. The summed E-state index contributed by atoms with van der Waals surface area (Å²) in [5.41, 5.74) is 2.76. The molecule has 0 saturated carbocycles. The highest BCUT2D eigenvalue weighted by atomic mass is 79.9. The summed E-state index contributed by atoms with van der Waals surface area (Å²) in [6, 6.07) is 25.3. The lowest BCUT2D eigenvalue weighted by atomic mass is 10.2. The molecule has 0 bridgehead atoms. The zero-order chi connectivity index (χ0) is 19.9. The van der Waals surface area contributed by atoms with Crippen molar-refractivity contribution in [3.8, 4) is 5.75 Å². The first-order valence-corrected chi connectivity index (χ1v) is 9.68. The summed E-state index contributed by atoms with van der Waals surface area (Å²) in [5.74, 6) is 1.14. The Labute approximate surface area is 176 Å². The van der Waals surface area contributed by atoms with Crippen molar-refractivity contribution >= 4 is 33.8 Å². The van der Waals surface area contributed by atoms with Gasteiger partial charge in [-0.1, -0.05) is 68.3 Å². The largest absolute Gasteiger partial charge is 0.488 e. The molecular weight excluding hydrogens is 432 g/mol. The Balaban J connectivity index is 1.49. The highest BCUT2D eigenvalue weighted by Gasteiger charge is 2.06. The fourth-order valence-corrected chi connectivity index (χ4v) is 3.06. The molecule has 144 valence electrons. The van der Waals surface area contributed by atoms with E-state index in [2.05, 4.69) is 41.9 Å². The van der Waals surface area contributed by atoms with Gasteiger partial charge in [0, 0.05) is 15.7 Å². The molecule has 4 rings (SSSR count). The molecule has 0 unspecified atom stereocenters. The molecule has 1 N–H and O–H groups in total. The predicted octanol–water partition coefficient (Wildman–Crippen LogP) is 4.64. The summed E-state index contributed by atoms with van der Waals surface area (Å²) < 4.78 is 7.00. The first kappa shape index (κ1) is 18.8. The molecule has 4 aromatic rings. The maximum Gasteiger partial charge on any atom is 0.269 e. The Kier molecular flexibility index (Phi) is 5.92. The van der Waals surface area contributed by atoms with Gasteiger partial charge in [0.1, 0.15) is 12.4 Å². The van der Waals surface area contributed by atoms with Gasteiger partial charge >= 0.3 is 0 Å². The quantitative estimate of drug-likeness (QED) is 0.416. The van der Waals surface area contributed by atoms with Crippen LogP contribution in [0.4, 0.5) is 11.6 Å². The molecular formula is C21H17BrN6O. The minimum absolute atomic E-state index is 0.417. The van der Waals surface area contributed by atoms with Crippen LogP contribution in [0.25, 0.3) is 0 Å². The lowest BCUT2D eigenvalue weighted by Gasteiger charge is -2.09. The van der Waals surface area contributed by atoms with Gasteiger partial charge in [0.25, 0.3) is 5.95 Å². The Morgan fingerprint density at radius 2 is 1.83 bits per heavy atom. The molecule has 0 aliphatic carbocycles. The van der Waals surface area contributed by atoms with Crippen molar-refractivity contribution in [1.82, 2.24) is 20.3 Å². The van der Waals surface area contributed by atoms with E-state index in [9.17, 15) is 0 Å². The predicted molar refractivity (Wildman–Crippen MR) is 115 cm³/mol. The van der Waals surface area contributed by atoms with Crippen molar-refractivity contribution in [2.45, 2.75) is 6.61 Å². The van der Waals surface area contributed by atoms with E-state index >= 15 is 0 Å². The van der Waals surface area contributed by atoms with Crippen LogP contribution < -0.4 is 10.1 Å². The zero-order valence-electron chi connectivity index (χ0n) is 15.3. The number of benzene rings is 3. The third kappa shape index (κ3) is 5.05. The average molecular weight is 449 g/mol. The Morgan fingerprint density at radius 1 is 1.00 bits per heavy atom. The van der Waals surface area contributed by atoms with Gasteiger partial charge < -0.3 is 10.1 Å². The SMILES string of the molecule is Brc1cccc(COc2ccccc2C=Nn2nnnc2Nc2ccccc2)c1. The summed E-state index contributed by atoms with van der Waals surface area (Å²) in [6.07, 6.45) is 1.67. The molecule has 0 spiro atoms. The molecule has 7 nitrogen and oxygen atoms in total. The van der Waals surface area contributed by atoms with Crippen LogP contribution >= 0.6 is 15.9 Å². The minimum atomic E-state index is 0.417. The summed E-state index contributed by atoms with van der Waals surface area (Å²) in [7, 11) is 0. The molecule has 0 saturated heterocycles. The zero-order valence-corrected chi connectivity index (χ0v) is 16.9. The van der Waals surface area contributed by atoms with E-state index in [4.69, 9.17) is 4.74 Å². The summed E-state index contributed by atoms with van der Waals surface area (Å²) in [4.78, 5) is 1.33. The summed E-state index contributed by atoms with van der Waals surface area (Å²) >= 11 is 3.48. The van der Waals surface area contributed by atoms with E-state index in [0.29, 0.717) is 12.6 Å². The van der Waals surface area contributed by atoms with Crippen molar-refractivity contribution in [2.24, 2.45) is 5.10 Å². The number of nitrogens with one attached hydrogen (secondary N) is 1. The first-order chi connectivity index (χ1) is 14.3. The van der Waals surface area contributed by atoms with Crippen LogP contribution in [-0.2, 0) is 6.61 Å². The van der Waals surface area contributed by atoms with Crippen molar-refractivity contribution in [3.63, 3.8) is 0 Å². The van der Waals surface area contributed by atoms with Crippen LogP contribution in [0, 0.1) is 0 Å². The smallest absolute Gasteiger partial charge is 0.269 e. The van der Waals surface area contributed by atoms with E-state index in [1.165, 1.54) is 4.79 Å². The van der Waals surface area contributed by atoms with E-state index in [1.807, 2.05) is 78.9 Å². The van der Waals surface area contributed by atoms with Crippen LogP contribution in [0.3, 0.4) is 0 Å². The molecule has 1 aromatic heterocycles. The van der Waals surface area contributed by atoms with Crippen molar-refractivity contribution in [2.75, 3.05) is 5.32 Å². The second-order valence-corrected chi connectivity index (χ2v) is 7.00. The molecule has 0 radical (unpaired) electrons. The van der Waals surface area contributed by atoms with E-state index < -0.39 is 0 Å². The fraction of sp³-hybridized carbons (Fsp3) is 0.0476. The molecule has 8 heteroatoms. The number of anilines is 2. The van der Waals surface area contributed by atoms with Crippen molar-refractivity contribution in [3.05, 3.63) is 94.5 Å². The van der Waals surface area contributed by atoms with Gasteiger partial charge in [0.05, 0.1) is 6.21 Å². The van der Waals surface area contributed by atoms with Crippen LogP contribution in [0.5, 0.6) is 5.75 Å². The normalized spacial score (nSPS) is 10.9. The number of rotatable bonds is 7. The van der Waals surface area contributed by atoms with Crippen LogP contribution in [0.2, 0.25) is 0 Å². The van der Waals surface area contributed by atoms with E-state index in [-0.39, 0.29) is 0 Å². The van der Waals surface area contributed by atoms with E-state index in [1.54, 1.807) is 6.21 Å². The molecule has 0 aliphatic rings. The number of hydrogen-bond donors (Lipinski definition) is 1. The third-order valence-electron chi connectivity index (χ3n) is 3.99. The average Bonchev–Trinajstić information content (AvgIpc) is 3.19. The van der Waals surface area contributed by atoms with Gasteiger partial charge in [-0.05, 0) is 52.4 Å². The monoisotopic (exact) mass is 448 g/mol. The number of para-hydroxylation sites is 2. The maximum atomic E-state index is 5.99. The number of ether oxygens (including phenoxy) is 1. The number of nitrogens with zero attached hydrogens (tertiary/aromatic N) is 5. The summed E-state index contributed by atoms with van der Waals surface area (Å²) in [5, 5.41) is 19.1. The molecule has 0 fully saturated rings. The Hall–Kier alpha value is -3.52. The second kappa shape index (κ2) is 9.11. The highest BCUT2D eigenvalue weighted by molar-refractivity contribution is 9.10. The highest BCUT2D eigenvalue weighted by Crippen LogP contribution is 2.19. The lowest BCUT2D eigenvalue weighted by Crippen LogP contribution is -2.02. The number of tetrazole rings is 1. The molecule has 3 aromatic carbocycles. The number of aromatic nitrogens is 4. The number of hydrogen-bond acceptors (Lipinski definition) is 6. The molecule has 0 amide bonds. The molecule has 0 atom stereocenters. The fourth-order valence-electron chi connectivity index (χ4n) is 2.61. The van der Waals surface area contributed by atoms with Gasteiger partial charge in [0.15, 0.2) is 0 Å². The third-order valence-corrected chi connectivity index (χ3v) is 4.49. The van der Waals surface area contributed by atoms with Gasteiger partial charge in [-0.3, -0.25) is 0 Å². The Morgan fingerprint density at radius 3 is 2.69 bits per heavy atom. The first-order valence-electron chi connectivity index (χ1n) is 8.89. The number of halogens is 1. The summed E-state index contributed by atoms with van der Waals surface area (Å²) in [6.45, 7) is 0.454. The minimum Gasteiger partial charge on any atom is -0.488 e. The molecule has 0 aliphatic heterocycles. The second-order valence-electron chi connectivity index (χ2n) is 6.08. The van der Waals surface area contributed by atoms with Crippen molar-refractivity contribution < 1.29 is 4.74 Å².